The minimum atomic E-state index is -0.573. The summed E-state index contributed by atoms with van der Waals surface area (Å²) in [5.74, 6) is -1.27. The Balaban J connectivity index is 0.936. The number of likely N-dealkylation sites (tertiary alicyclic amines) is 1. The molecule has 2 saturated heterocycles. The van der Waals surface area contributed by atoms with Crippen LogP contribution in [0, 0.1) is 0 Å². The number of piperidine rings is 1. The van der Waals surface area contributed by atoms with Crippen LogP contribution < -0.4 is 21.3 Å². The number of primary amides is 1. The van der Waals surface area contributed by atoms with Crippen molar-refractivity contribution >= 4 is 35.0 Å². The van der Waals surface area contributed by atoms with Gasteiger partial charge in [0.15, 0.2) is 0 Å². The number of carbonyl (C=O) groups is 4. The van der Waals surface area contributed by atoms with E-state index in [0.717, 1.165) is 51.0 Å². The zero-order chi connectivity index (χ0) is 48.9. The number of benzene rings is 2. The topological polar surface area (TPSA) is 215 Å². The molecule has 3 aromatic rings. The number of rotatable bonds is 34. The number of hydrogen-bond donors (Lipinski definition) is 3. The molecule has 2 aliphatic rings. The summed E-state index contributed by atoms with van der Waals surface area (Å²) in [5.41, 5.74) is 9.24. The molecule has 380 valence electrons. The summed E-state index contributed by atoms with van der Waals surface area (Å²) < 4.78 is 43.4. The summed E-state index contributed by atoms with van der Waals surface area (Å²) in [6.07, 6.45) is 6.52. The third-order valence-electron chi connectivity index (χ3n) is 11.6. The van der Waals surface area contributed by atoms with Crippen LogP contribution in [0.15, 0.2) is 60.8 Å². The highest BCUT2D eigenvalue weighted by Crippen LogP contribution is 2.33. The number of pyridine rings is 1. The number of nitrogens with one attached hydrogen (secondary N) is 2. The number of hydrogen-bond acceptors (Lipinski definition) is 15. The average Bonchev–Trinajstić information content (AvgIpc) is 3.86. The zero-order valence-electron chi connectivity index (χ0n) is 40.5. The summed E-state index contributed by atoms with van der Waals surface area (Å²) in [6.45, 7) is 11.1. The smallest absolute Gasteiger partial charge is 0.255 e. The van der Waals surface area contributed by atoms with Gasteiger partial charge in [-0.05, 0) is 87.2 Å². The van der Waals surface area contributed by atoms with Crippen molar-refractivity contribution in [2.75, 3.05) is 163 Å². The Morgan fingerprint density at radius 2 is 1.28 bits per heavy atom. The lowest BCUT2D eigenvalue weighted by Crippen LogP contribution is -2.46. The lowest BCUT2D eigenvalue weighted by atomic mass is 10.0. The van der Waals surface area contributed by atoms with E-state index in [-0.39, 0.29) is 17.9 Å². The predicted octanol–water partition coefficient (Wildman–Crippen LogP) is 3.51. The molecule has 0 aliphatic carbocycles. The maximum atomic E-state index is 13.8. The van der Waals surface area contributed by atoms with Gasteiger partial charge >= 0.3 is 0 Å². The van der Waals surface area contributed by atoms with Crippen LogP contribution in [0.2, 0.25) is 0 Å². The molecule has 0 unspecified atom stereocenters. The normalized spacial score (nSPS) is 15.0. The molecule has 0 bridgehead atoms. The van der Waals surface area contributed by atoms with Crippen molar-refractivity contribution in [3.8, 4) is 11.3 Å². The number of ether oxygens (including phenoxy) is 8. The molecule has 1 aromatic heterocycles. The standard InChI is InChI=1S/C50H73N7O12/c1-55(19-20-57-18-7-10-46(57)49(60)53-15-21-63-24-25-65-28-29-67-32-33-69-35-34-68-31-30-66-27-26-64-23-22-62-2)50(61)41-9-6-8-40(36-41)48(59)54-44-12-11-42(56-16-4-3-5-17-56)38-43(44)45-37-39(47(51)58)13-14-52-45/h6,8-9,11-14,36-38,46H,3-5,7,10,15-35H2,1-2H3,(H2,51,58)(H,53,60)(H,54,59)/t46-/m0/s1. The quantitative estimate of drug-likeness (QED) is 0.0731. The van der Waals surface area contributed by atoms with E-state index in [1.807, 2.05) is 18.2 Å². The van der Waals surface area contributed by atoms with Crippen LogP contribution in [0.4, 0.5) is 11.4 Å². The van der Waals surface area contributed by atoms with E-state index >= 15 is 0 Å². The van der Waals surface area contributed by atoms with E-state index in [4.69, 9.17) is 43.6 Å². The zero-order valence-corrected chi connectivity index (χ0v) is 40.5. The van der Waals surface area contributed by atoms with Crippen molar-refractivity contribution in [3.63, 3.8) is 0 Å². The summed E-state index contributed by atoms with van der Waals surface area (Å²) in [6, 6.07) is 15.3. The third-order valence-corrected chi connectivity index (χ3v) is 11.6. The summed E-state index contributed by atoms with van der Waals surface area (Å²) in [7, 11) is 3.36. The number of methoxy groups -OCH3 is 1. The van der Waals surface area contributed by atoms with Crippen molar-refractivity contribution in [2.24, 2.45) is 5.73 Å². The van der Waals surface area contributed by atoms with Crippen LogP contribution >= 0.6 is 0 Å². The fraction of sp³-hybridized carbons (Fsp3) is 0.580. The lowest BCUT2D eigenvalue weighted by Gasteiger charge is -2.29. The van der Waals surface area contributed by atoms with Crippen LogP contribution in [-0.4, -0.2) is 197 Å². The number of amides is 4. The predicted molar refractivity (Wildman–Crippen MR) is 261 cm³/mol. The molecule has 2 aromatic carbocycles. The molecule has 1 atom stereocenters. The minimum absolute atomic E-state index is 0.0598. The fourth-order valence-electron chi connectivity index (χ4n) is 7.84. The molecule has 2 aliphatic heterocycles. The highest BCUT2D eigenvalue weighted by molar-refractivity contribution is 6.08. The van der Waals surface area contributed by atoms with Gasteiger partial charge < -0.3 is 64.1 Å². The van der Waals surface area contributed by atoms with Crippen molar-refractivity contribution in [3.05, 3.63) is 77.5 Å². The molecule has 0 spiro atoms. The molecule has 19 heteroatoms. The number of nitrogens with two attached hydrogens (primary N) is 1. The van der Waals surface area contributed by atoms with Crippen molar-refractivity contribution < 1.29 is 57.1 Å². The first-order chi connectivity index (χ1) is 33.7. The van der Waals surface area contributed by atoms with E-state index in [9.17, 15) is 19.2 Å². The molecule has 4 amide bonds. The number of likely N-dealkylation sites (N-methyl/N-ethyl adjacent to an activating group) is 1. The summed E-state index contributed by atoms with van der Waals surface area (Å²) in [5, 5.41) is 6.00. The Morgan fingerprint density at radius 3 is 1.88 bits per heavy atom. The van der Waals surface area contributed by atoms with Gasteiger partial charge in [-0.25, -0.2) is 0 Å². The maximum Gasteiger partial charge on any atom is 0.255 e. The largest absolute Gasteiger partial charge is 0.382 e. The first-order valence-corrected chi connectivity index (χ1v) is 24.1. The van der Waals surface area contributed by atoms with Crippen molar-refractivity contribution in [1.82, 2.24) is 20.1 Å². The molecule has 0 saturated carbocycles. The second-order valence-electron chi connectivity index (χ2n) is 16.6. The van der Waals surface area contributed by atoms with Crippen LogP contribution in [0.3, 0.4) is 0 Å². The molecular weight excluding hydrogens is 891 g/mol. The molecule has 0 radical (unpaired) electrons. The van der Waals surface area contributed by atoms with Gasteiger partial charge in [-0.3, -0.25) is 29.1 Å². The number of nitrogens with zero attached hydrogens (tertiary/aromatic N) is 4. The second kappa shape index (κ2) is 31.9. The molecule has 3 heterocycles. The first kappa shape index (κ1) is 54.8. The molecule has 5 rings (SSSR count). The third kappa shape index (κ3) is 19.7. The monoisotopic (exact) mass is 964 g/mol. The number of aromatic nitrogens is 1. The highest BCUT2D eigenvalue weighted by atomic mass is 16.6. The van der Waals surface area contributed by atoms with E-state index in [1.54, 1.807) is 55.5 Å². The Morgan fingerprint density at radius 1 is 0.681 bits per heavy atom. The molecular formula is C50H73N7O12. The summed E-state index contributed by atoms with van der Waals surface area (Å²) in [4.78, 5) is 63.1. The van der Waals surface area contributed by atoms with Gasteiger partial charge in [0.05, 0.1) is 117 Å². The van der Waals surface area contributed by atoms with Crippen LogP contribution in [-0.2, 0) is 42.7 Å². The van der Waals surface area contributed by atoms with Crippen molar-refractivity contribution in [2.45, 2.75) is 38.1 Å². The number of anilines is 2. The number of carbonyl (C=O) groups excluding carboxylic acids is 4. The van der Waals surface area contributed by atoms with Gasteiger partial charge in [0.1, 0.15) is 0 Å². The van der Waals surface area contributed by atoms with E-state index in [1.165, 1.54) is 12.6 Å². The van der Waals surface area contributed by atoms with E-state index < -0.39 is 11.8 Å². The van der Waals surface area contributed by atoms with Gasteiger partial charge in [0, 0.05) is 81.0 Å². The lowest BCUT2D eigenvalue weighted by molar-refractivity contribution is -0.125. The van der Waals surface area contributed by atoms with E-state index in [2.05, 4.69) is 25.4 Å². The van der Waals surface area contributed by atoms with Gasteiger partial charge in [0.2, 0.25) is 11.8 Å². The first-order valence-electron chi connectivity index (χ1n) is 24.1. The van der Waals surface area contributed by atoms with Crippen molar-refractivity contribution in [1.29, 1.82) is 0 Å². The van der Waals surface area contributed by atoms with Crippen LogP contribution in [0.25, 0.3) is 11.3 Å². The minimum Gasteiger partial charge on any atom is -0.382 e. The van der Waals surface area contributed by atoms with Gasteiger partial charge in [-0.15, -0.1) is 0 Å². The van der Waals surface area contributed by atoms with E-state index in [0.29, 0.717) is 152 Å². The Labute approximate surface area is 406 Å². The summed E-state index contributed by atoms with van der Waals surface area (Å²) >= 11 is 0. The fourth-order valence-corrected chi connectivity index (χ4v) is 7.84. The molecule has 19 nitrogen and oxygen atoms in total. The Bertz CT molecular complexity index is 2000. The molecule has 2 fully saturated rings. The van der Waals surface area contributed by atoms with Crippen LogP contribution in [0.5, 0.6) is 0 Å². The maximum absolute atomic E-state index is 13.8. The van der Waals surface area contributed by atoms with Gasteiger partial charge in [-0.2, -0.15) is 0 Å². The Kier molecular flexibility index (Phi) is 25.4. The van der Waals surface area contributed by atoms with Gasteiger partial charge in [0.25, 0.3) is 11.8 Å². The SMILES string of the molecule is COCCOCCOCCOCCOCCOCCOCCOCCNC(=O)[C@@H]1CCCN1CCN(C)C(=O)c1cccc(C(=O)Nc2ccc(N3CCCCC3)cc2-c2cc(C(N)=O)ccn2)c1. The molecule has 4 N–H and O–H groups in total. The Hall–Kier alpha value is -5.09. The van der Waals surface area contributed by atoms with Crippen LogP contribution in [0.1, 0.15) is 63.2 Å². The molecule has 69 heavy (non-hydrogen) atoms. The second-order valence-corrected chi connectivity index (χ2v) is 16.6. The highest BCUT2D eigenvalue weighted by Gasteiger charge is 2.31. The van der Waals surface area contributed by atoms with Gasteiger partial charge in [-0.1, -0.05) is 6.07 Å². The average molecular weight is 964 g/mol.